The van der Waals surface area contributed by atoms with Crippen LogP contribution < -0.4 is 9.47 Å². The van der Waals surface area contributed by atoms with E-state index in [1.807, 2.05) is 24.2 Å². The van der Waals surface area contributed by atoms with Crippen LogP contribution in [0.4, 0.5) is 0 Å². The largest absolute Gasteiger partial charge is 0.454 e. The zero-order valence-corrected chi connectivity index (χ0v) is 6.91. The van der Waals surface area contributed by atoms with E-state index in [9.17, 15) is 0 Å². The number of benzene rings is 1. The molecular weight excluding hydrogens is 168 g/mol. The first-order valence-corrected chi connectivity index (χ1v) is 3.87. The molecule has 1 heterocycles. The van der Waals surface area contributed by atoms with Gasteiger partial charge in [-0.3, -0.25) is 0 Å². The second-order valence-corrected chi connectivity index (χ2v) is 2.62. The van der Waals surface area contributed by atoms with Gasteiger partial charge in [0.1, 0.15) is 0 Å². The quantitative estimate of drug-likeness (QED) is 0.697. The van der Waals surface area contributed by atoms with Crippen LogP contribution in [0.2, 0.25) is 0 Å². The summed E-state index contributed by atoms with van der Waals surface area (Å²) < 4.78 is 10.3. The number of fused-ring (bicyclic) bond motifs is 1. The van der Waals surface area contributed by atoms with Crippen molar-refractivity contribution in [1.29, 1.82) is 5.41 Å². The van der Waals surface area contributed by atoms with Crippen LogP contribution in [0.3, 0.4) is 0 Å². The van der Waals surface area contributed by atoms with E-state index in [1.165, 1.54) is 0 Å². The maximum absolute atomic E-state index is 6.63. The van der Waals surface area contributed by atoms with E-state index in [2.05, 4.69) is 4.99 Å². The molecule has 0 amide bonds. The highest BCUT2D eigenvalue weighted by Crippen LogP contribution is 2.32. The molecular formula is C9H8N2O2. The Hall–Kier alpha value is -1.80. The molecule has 1 N–H and O–H groups in total. The second-order valence-electron chi connectivity index (χ2n) is 2.62. The summed E-state index contributed by atoms with van der Waals surface area (Å²) >= 11 is 0. The van der Waals surface area contributed by atoms with Crippen molar-refractivity contribution in [1.82, 2.24) is 0 Å². The zero-order valence-electron chi connectivity index (χ0n) is 6.91. The molecule has 1 aliphatic heterocycles. The van der Waals surface area contributed by atoms with E-state index in [4.69, 9.17) is 14.9 Å². The van der Waals surface area contributed by atoms with Gasteiger partial charge < -0.3 is 9.47 Å². The van der Waals surface area contributed by atoms with Gasteiger partial charge in [0.2, 0.25) is 6.79 Å². The monoisotopic (exact) mass is 176 g/mol. The SMILES string of the molecule is N=C=NCc1ccc2c(c1)OCO2. The van der Waals surface area contributed by atoms with Gasteiger partial charge in [-0.15, -0.1) is 0 Å². The summed E-state index contributed by atoms with van der Waals surface area (Å²) in [5.41, 5.74) is 0.990. The van der Waals surface area contributed by atoms with Crippen LogP contribution in [0.25, 0.3) is 0 Å². The van der Waals surface area contributed by atoms with Crippen molar-refractivity contribution in [2.24, 2.45) is 4.99 Å². The summed E-state index contributed by atoms with van der Waals surface area (Å²) in [5, 5.41) is 6.63. The fraction of sp³-hybridized carbons (Fsp3) is 0.222. The molecule has 0 radical (unpaired) electrons. The first-order valence-electron chi connectivity index (χ1n) is 3.87. The molecule has 1 aromatic carbocycles. The standard InChI is InChI=1S/C9H8N2O2/c10-5-11-4-7-1-2-8-9(3-7)13-6-12-8/h1-3,10H,4,6H2. The van der Waals surface area contributed by atoms with Gasteiger partial charge in [-0.25, -0.2) is 10.4 Å². The average Bonchev–Trinajstić information content (AvgIpc) is 2.61. The molecule has 0 aromatic heterocycles. The van der Waals surface area contributed by atoms with E-state index in [0.717, 1.165) is 17.1 Å². The minimum Gasteiger partial charge on any atom is -0.454 e. The number of rotatable bonds is 2. The van der Waals surface area contributed by atoms with Crippen LogP contribution in [0.15, 0.2) is 23.2 Å². The average molecular weight is 176 g/mol. The van der Waals surface area contributed by atoms with Crippen molar-refractivity contribution in [3.05, 3.63) is 23.8 Å². The Morgan fingerprint density at radius 2 is 2.23 bits per heavy atom. The summed E-state index contributed by atoms with van der Waals surface area (Å²) in [7, 11) is 0. The van der Waals surface area contributed by atoms with Crippen molar-refractivity contribution in [2.75, 3.05) is 6.79 Å². The summed E-state index contributed by atoms with van der Waals surface area (Å²) in [6, 6.07) is 7.59. The molecule has 0 saturated heterocycles. The molecule has 13 heavy (non-hydrogen) atoms. The fourth-order valence-corrected chi connectivity index (χ4v) is 1.17. The van der Waals surface area contributed by atoms with Gasteiger partial charge >= 0.3 is 0 Å². The normalized spacial score (nSPS) is 12.3. The van der Waals surface area contributed by atoms with Crippen molar-refractivity contribution in [3.8, 4) is 11.5 Å². The Morgan fingerprint density at radius 1 is 1.38 bits per heavy atom. The first kappa shape index (κ1) is 7.83. The number of ether oxygens (including phenoxy) is 2. The molecule has 66 valence electrons. The van der Waals surface area contributed by atoms with Crippen LogP contribution in [0, 0.1) is 5.41 Å². The predicted molar refractivity (Wildman–Crippen MR) is 46.4 cm³/mol. The first-order chi connectivity index (χ1) is 6.40. The molecule has 0 unspecified atom stereocenters. The summed E-state index contributed by atoms with van der Waals surface area (Å²) in [6.07, 6.45) is 0. The molecule has 0 saturated carbocycles. The predicted octanol–water partition coefficient (Wildman–Crippen LogP) is 1.67. The van der Waals surface area contributed by atoms with Gasteiger partial charge in [0.15, 0.2) is 11.5 Å². The molecule has 4 nitrogen and oxygen atoms in total. The Labute approximate surface area is 75.3 Å². The molecule has 0 aliphatic carbocycles. The minimum absolute atomic E-state index is 0.284. The highest BCUT2D eigenvalue weighted by atomic mass is 16.7. The third-order valence-electron chi connectivity index (χ3n) is 1.78. The molecule has 0 atom stereocenters. The molecule has 4 heteroatoms. The van der Waals surface area contributed by atoms with E-state index < -0.39 is 0 Å². The lowest BCUT2D eigenvalue weighted by Crippen LogP contribution is -1.92. The fourth-order valence-electron chi connectivity index (χ4n) is 1.17. The van der Waals surface area contributed by atoms with E-state index >= 15 is 0 Å². The van der Waals surface area contributed by atoms with E-state index in [-0.39, 0.29) is 6.79 Å². The van der Waals surface area contributed by atoms with Crippen LogP contribution in [-0.4, -0.2) is 12.8 Å². The maximum Gasteiger partial charge on any atom is 0.231 e. The van der Waals surface area contributed by atoms with Gasteiger partial charge in [0, 0.05) is 0 Å². The Bertz CT molecular complexity index is 370. The van der Waals surface area contributed by atoms with Crippen molar-refractivity contribution in [3.63, 3.8) is 0 Å². The third kappa shape index (κ3) is 1.53. The highest BCUT2D eigenvalue weighted by Gasteiger charge is 2.12. The Morgan fingerprint density at radius 3 is 3.08 bits per heavy atom. The lowest BCUT2D eigenvalue weighted by Gasteiger charge is -1.97. The molecule has 2 rings (SSSR count). The molecule has 1 aliphatic rings. The number of aliphatic imine (C=N–C) groups is 1. The number of nitrogens with zero attached hydrogens (tertiary/aromatic N) is 1. The van der Waals surface area contributed by atoms with E-state index in [0.29, 0.717) is 6.54 Å². The van der Waals surface area contributed by atoms with Gasteiger partial charge in [0.05, 0.1) is 12.6 Å². The Balaban J connectivity index is 2.25. The van der Waals surface area contributed by atoms with Crippen molar-refractivity contribution in [2.45, 2.75) is 6.54 Å². The maximum atomic E-state index is 6.63. The number of hydrogen-bond donors (Lipinski definition) is 1. The molecule has 0 fully saturated rings. The van der Waals surface area contributed by atoms with Gasteiger partial charge in [-0.1, -0.05) is 6.07 Å². The lowest BCUT2D eigenvalue weighted by molar-refractivity contribution is 0.174. The van der Waals surface area contributed by atoms with Crippen LogP contribution in [-0.2, 0) is 6.54 Å². The summed E-state index contributed by atoms with van der Waals surface area (Å²) in [4.78, 5) is 3.69. The summed E-state index contributed by atoms with van der Waals surface area (Å²) in [6.45, 7) is 0.743. The summed E-state index contributed by atoms with van der Waals surface area (Å²) in [5.74, 6) is 1.51. The second kappa shape index (κ2) is 3.29. The van der Waals surface area contributed by atoms with Crippen LogP contribution in [0.5, 0.6) is 11.5 Å². The highest BCUT2D eigenvalue weighted by molar-refractivity contribution is 5.45. The molecule has 1 aromatic rings. The van der Waals surface area contributed by atoms with Crippen molar-refractivity contribution < 1.29 is 9.47 Å². The van der Waals surface area contributed by atoms with Crippen LogP contribution in [0.1, 0.15) is 5.56 Å². The smallest absolute Gasteiger partial charge is 0.231 e. The van der Waals surface area contributed by atoms with Crippen molar-refractivity contribution >= 4 is 6.01 Å². The van der Waals surface area contributed by atoms with E-state index in [1.54, 1.807) is 0 Å². The van der Waals surface area contributed by atoms with Gasteiger partial charge in [-0.2, -0.15) is 0 Å². The molecule has 0 bridgehead atoms. The molecule has 0 spiro atoms. The van der Waals surface area contributed by atoms with Gasteiger partial charge in [0.25, 0.3) is 0 Å². The minimum atomic E-state index is 0.284. The van der Waals surface area contributed by atoms with Gasteiger partial charge in [-0.05, 0) is 17.7 Å². The number of hydrogen-bond acceptors (Lipinski definition) is 4. The zero-order chi connectivity index (χ0) is 9.10. The number of nitrogens with one attached hydrogen (secondary N) is 1. The third-order valence-corrected chi connectivity index (χ3v) is 1.78. The lowest BCUT2D eigenvalue weighted by atomic mass is 10.2. The topological polar surface area (TPSA) is 54.7 Å². The van der Waals surface area contributed by atoms with Crippen LogP contribution >= 0.6 is 0 Å². The Kier molecular flexibility index (Phi) is 1.98.